The van der Waals surface area contributed by atoms with Gasteiger partial charge < -0.3 is 15.5 Å². The molecule has 0 aliphatic rings. The topological polar surface area (TPSA) is 95.6 Å². The molecule has 0 aliphatic carbocycles. The van der Waals surface area contributed by atoms with Gasteiger partial charge >= 0.3 is 0 Å². The van der Waals surface area contributed by atoms with E-state index in [4.69, 9.17) is 5.11 Å². The molecule has 3 N–H and O–H groups in total. The molecular weight excluding hydrogens is 224 g/mol. The summed E-state index contributed by atoms with van der Waals surface area (Å²) in [6.07, 6.45) is -0.936. The summed E-state index contributed by atoms with van der Waals surface area (Å²) in [6.45, 7) is 3.32. The van der Waals surface area contributed by atoms with E-state index in [9.17, 15) is 15.2 Å². The number of nitrogens with one attached hydrogen (secondary N) is 1. The first-order valence-corrected chi connectivity index (χ1v) is 5.24. The summed E-state index contributed by atoms with van der Waals surface area (Å²) < 4.78 is 0. The maximum atomic E-state index is 10.9. The van der Waals surface area contributed by atoms with Crippen LogP contribution in [0.4, 0.5) is 11.4 Å². The Kier molecular flexibility index (Phi) is 4.42. The predicted octanol–water partition coefficient (Wildman–Crippen LogP) is 0.977. The van der Waals surface area contributed by atoms with Gasteiger partial charge in [0.2, 0.25) is 0 Å². The van der Waals surface area contributed by atoms with Crippen molar-refractivity contribution in [3.05, 3.63) is 33.4 Å². The highest BCUT2D eigenvalue weighted by Crippen LogP contribution is 2.29. The van der Waals surface area contributed by atoms with Gasteiger partial charge in [0.1, 0.15) is 5.69 Å². The summed E-state index contributed by atoms with van der Waals surface area (Å²) >= 11 is 0. The maximum absolute atomic E-state index is 10.9. The Bertz CT molecular complexity index is 420. The molecule has 0 aliphatic heterocycles. The molecule has 1 aromatic rings. The second-order valence-electron chi connectivity index (χ2n) is 3.88. The highest BCUT2D eigenvalue weighted by atomic mass is 16.6. The van der Waals surface area contributed by atoms with Crippen LogP contribution in [-0.2, 0) is 0 Å². The minimum atomic E-state index is -0.936. The molecule has 1 unspecified atom stereocenters. The van der Waals surface area contributed by atoms with Crippen molar-refractivity contribution in [1.82, 2.24) is 0 Å². The van der Waals surface area contributed by atoms with Gasteiger partial charge in [-0.25, -0.2) is 0 Å². The standard InChI is InChI=1S/C11H16N2O4/c1-7-3-4-10(13(16)17)11(8(7)2)12-5-9(15)6-14/h3-4,9,12,14-15H,5-6H2,1-2H3. The number of aliphatic hydroxyl groups is 2. The quantitative estimate of drug-likeness (QED) is 0.526. The van der Waals surface area contributed by atoms with Gasteiger partial charge in [-0.05, 0) is 25.0 Å². The zero-order chi connectivity index (χ0) is 13.0. The Morgan fingerprint density at radius 3 is 2.65 bits per heavy atom. The smallest absolute Gasteiger partial charge is 0.292 e. The number of aryl methyl sites for hydroxylation is 1. The monoisotopic (exact) mass is 240 g/mol. The fraction of sp³-hybridized carbons (Fsp3) is 0.455. The van der Waals surface area contributed by atoms with Gasteiger partial charge in [-0.3, -0.25) is 10.1 Å². The Morgan fingerprint density at radius 1 is 1.47 bits per heavy atom. The molecular formula is C11H16N2O4. The highest BCUT2D eigenvalue weighted by Gasteiger charge is 2.17. The van der Waals surface area contributed by atoms with Crippen molar-refractivity contribution in [3.8, 4) is 0 Å². The van der Waals surface area contributed by atoms with Crippen molar-refractivity contribution in [2.24, 2.45) is 0 Å². The lowest BCUT2D eigenvalue weighted by atomic mass is 10.1. The summed E-state index contributed by atoms with van der Waals surface area (Å²) in [7, 11) is 0. The maximum Gasteiger partial charge on any atom is 0.292 e. The number of aliphatic hydroxyl groups excluding tert-OH is 2. The van der Waals surface area contributed by atoms with Gasteiger partial charge in [0.15, 0.2) is 0 Å². The molecule has 0 saturated heterocycles. The summed E-state index contributed by atoms with van der Waals surface area (Å²) in [6, 6.07) is 3.11. The average molecular weight is 240 g/mol. The van der Waals surface area contributed by atoms with Crippen LogP contribution in [0.5, 0.6) is 0 Å². The molecule has 0 bridgehead atoms. The molecule has 0 amide bonds. The van der Waals surface area contributed by atoms with Crippen LogP contribution in [-0.4, -0.2) is 34.4 Å². The van der Waals surface area contributed by atoms with Crippen molar-refractivity contribution in [3.63, 3.8) is 0 Å². The summed E-state index contributed by atoms with van der Waals surface area (Å²) in [4.78, 5) is 10.4. The van der Waals surface area contributed by atoms with E-state index in [1.54, 1.807) is 13.0 Å². The van der Waals surface area contributed by atoms with Crippen LogP contribution < -0.4 is 5.32 Å². The lowest BCUT2D eigenvalue weighted by molar-refractivity contribution is -0.384. The Labute approximate surface area is 99.0 Å². The molecule has 0 spiro atoms. The van der Waals surface area contributed by atoms with Gasteiger partial charge in [-0.1, -0.05) is 6.07 Å². The number of hydrogen-bond donors (Lipinski definition) is 3. The Hall–Kier alpha value is -1.66. The minimum Gasteiger partial charge on any atom is -0.394 e. The molecule has 0 saturated carbocycles. The van der Waals surface area contributed by atoms with E-state index in [1.165, 1.54) is 6.07 Å². The molecule has 0 radical (unpaired) electrons. The summed E-state index contributed by atoms with van der Waals surface area (Å²) in [5.41, 5.74) is 2.06. The normalized spacial score (nSPS) is 12.2. The second kappa shape index (κ2) is 5.60. The largest absolute Gasteiger partial charge is 0.394 e. The van der Waals surface area contributed by atoms with Crippen molar-refractivity contribution >= 4 is 11.4 Å². The van der Waals surface area contributed by atoms with E-state index < -0.39 is 11.0 Å². The van der Waals surface area contributed by atoms with E-state index in [-0.39, 0.29) is 18.8 Å². The summed E-state index contributed by atoms with van der Waals surface area (Å²) in [5, 5.41) is 31.6. The third-order valence-corrected chi connectivity index (χ3v) is 2.64. The first kappa shape index (κ1) is 13.4. The van der Waals surface area contributed by atoms with E-state index in [1.807, 2.05) is 6.92 Å². The molecule has 6 heteroatoms. The Morgan fingerprint density at radius 2 is 2.12 bits per heavy atom. The lowest BCUT2D eigenvalue weighted by Crippen LogP contribution is -2.23. The third kappa shape index (κ3) is 3.15. The number of nitrogens with zero attached hydrogens (tertiary/aromatic N) is 1. The van der Waals surface area contributed by atoms with Crippen molar-refractivity contribution in [2.45, 2.75) is 20.0 Å². The number of rotatable bonds is 5. The molecule has 0 heterocycles. The number of nitro groups is 1. The first-order valence-electron chi connectivity index (χ1n) is 5.24. The summed E-state index contributed by atoms with van der Waals surface area (Å²) in [5.74, 6) is 0. The van der Waals surface area contributed by atoms with Gasteiger partial charge in [0.05, 0.1) is 17.6 Å². The average Bonchev–Trinajstić information content (AvgIpc) is 2.30. The van der Waals surface area contributed by atoms with Gasteiger partial charge in [-0.15, -0.1) is 0 Å². The van der Waals surface area contributed by atoms with Gasteiger partial charge in [-0.2, -0.15) is 0 Å². The van der Waals surface area contributed by atoms with Crippen LogP contribution in [0.25, 0.3) is 0 Å². The molecule has 1 atom stereocenters. The highest BCUT2D eigenvalue weighted by molar-refractivity contribution is 5.68. The van der Waals surface area contributed by atoms with Gasteiger partial charge in [0, 0.05) is 12.6 Å². The SMILES string of the molecule is Cc1ccc([N+](=O)[O-])c(NCC(O)CO)c1C. The zero-order valence-corrected chi connectivity index (χ0v) is 9.80. The Balaban J connectivity index is 3.02. The van der Waals surface area contributed by atoms with Crippen LogP contribution in [0.2, 0.25) is 0 Å². The van der Waals surface area contributed by atoms with Crippen molar-refractivity contribution in [1.29, 1.82) is 0 Å². The van der Waals surface area contributed by atoms with E-state index >= 15 is 0 Å². The lowest BCUT2D eigenvalue weighted by Gasteiger charge is -2.14. The van der Waals surface area contributed by atoms with Crippen LogP contribution in [0.15, 0.2) is 12.1 Å². The van der Waals surface area contributed by atoms with E-state index in [2.05, 4.69) is 5.32 Å². The molecule has 1 rings (SSSR count). The predicted molar refractivity (Wildman–Crippen MR) is 64.2 cm³/mol. The van der Waals surface area contributed by atoms with Crippen LogP contribution in [0, 0.1) is 24.0 Å². The number of benzene rings is 1. The van der Waals surface area contributed by atoms with Crippen molar-refractivity contribution < 1.29 is 15.1 Å². The molecule has 6 nitrogen and oxygen atoms in total. The molecule has 0 aromatic heterocycles. The van der Waals surface area contributed by atoms with E-state index in [0.29, 0.717) is 5.69 Å². The number of anilines is 1. The minimum absolute atomic E-state index is 0.0294. The zero-order valence-electron chi connectivity index (χ0n) is 9.80. The fourth-order valence-corrected chi connectivity index (χ4v) is 1.46. The van der Waals surface area contributed by atoms with E-state index in [0.717, 1.165) is 11.1 Å². The molecule has 0 fully saturated rings. The first-order chi connectivity index (χ1) is 7.97. The number of hydrogen-bond acceptors (Lipinski definition) is 5. The van der Waals surface area contributed by atoms with Crippen LogP contribution in [0.3, 0.4) is 0 Å². The second-order valence-corrected chi connectivity index (χ2v) is 3.88. The van der Waals surface area contributed by atoms with Crippen LogP contribution in [0.1, 0.15) is 11.1 Å². The fourth-order valence-electron chi connectivity index (χ4n) is 1.46. The van der Waals surface area contributed by atoms with Crippen molar-refractivity contribution in [2.75, 3.05) is 18.5 Å². The molecule has 94 valence electrons. The molecule has 1 aromatic carbocycles. The van der Waals surface area contributed by atoms with Gasteiger partial charge in [0.25, 0.3) is 5.69 Å². The third-order valence-electron chi connectivity index (χ3n) is 2.64. The number of nitro benzene ring substituents is 1. The van der Waals surface area contributed by atoms with Crippen LogP contribution >= 0.6 is 0 Å². The molecule has 17 heavy (non-hydrogen) atoms.